The number of nitrogens with zero attached hydrogens (tertiary/aromatic N) is 2. The molecule has 0 unspecified atom stereocenters. The fraction of sp³-hybridized carbons (Fsp3) is 0.682. The highest BCUT2D eigenvalue weighted by Gasteiger charge is 2.50. The minimum atomic E-state index is 0.697. The largest absolute Gasteiger partial charge is 0.306 e. The van der Waals surface area contributed by atoms with Gasteiger partial charge >= 0.3 is 0 Å². The summed E-state index contributed by atoms with van der Waals surface area (Å²) in [4.78, 5) is 4.42. The van der Waals surface area contributed by atoms with Gasteiger partial charge in [-0.15, -0.1) is 0 Å². The third kappa shape index (κ3) is 2.11. The van der Waals surface area contributed by atoms with E-state index in [4.69, 9.17) is 0 Å². The van der Waals surface area contributed by atoms with E-state index in [2.05, 4.69) is 27.8 Å². The highest BCUT2D eigenvalue weighted by molar-refractivity contribution is 5.58. The van der Waals surface area contributed by atoms with Crippen LogP contribution in [0.3, 0.4) is 0 Å². The molecule has 2 nitrogen and oxygen atoms in total. The molecule has 5 saturated carbocycles. The Labute approximate surface area is 144 Å². The van der Waals surface area contributed by atoms with Gasteiger partial charge in [0, 0.05) is 6.20 Å². The van der Waals surface area contributed by atoms with E-state index in [-0.39, 0.29) is 0 Å². The Morgan fingerprint density at radius 1 is 1.04 bits per heavy atom. The van der Waals surface area contributed by atoms with Gasteiger partial charge in [-0.25, -0.2) is 4.98 Å². The molecule has 0 spiro atoms. The van der Waals surface area contributed by atoms with Gasteiger partial charge in [0.25, 0.3) is 0 Å². The Morgan fingerprint density at radius 2 is 1.75 bits per heavy atom. The number of pyridine rings is 1. The van der Waals surface area contributed by atoms with Gasteiger partial charge in [-0.1, -0.05) is 0 Å². The van der Waals surface area contributed by atoms with Crippen molar-refractivity contribution in [3.8, 4) is 0 Å². The zero-order chi connectivity index (χ0) is 15.7. The van der Waals surface area contributed by atoms with E-state index in [1.54, 1.807) is 49.7 Å². The molecule has 7 rings (SSSR count). The van der Waals surface area contributed by atoms with Crippen molar-refractivity contribution in [3.63, 3.8) is 0 Å². The first-order chi connectivity index (χ1) is 11.8. The number of hydrogen-bond acceptors (Lipinski definition) is 1. The lowest BCUT2D eigenvalue weighted by molar-refractivity contribution is -0.0569. The van der Waals surface area contributed by atoms with Gasteiger partial charge in [0.15, 0.2) is 0 Å². The van der Waals surface area contributed by atoms with Crippen molar-refractivity contribution in [2.75, 3.05) is 0 Å². The van der Waals surface area contributed by atoms with Crippen molar-refractivity contribution in [1.82, 2.24) is 9.38 Å². The highest BCUT2D eigenvalue weighted by atomic mass is 15.0. The normalized spacial score (nSPS) is 37.4. The topological polar surface area (TPSA) is 17.3 Å². The van der Waals surface area contributed by atoms with Gasteiger partial charge in [0.2, 0.25) is 0 Å². The summed E-state index contributed by atoms with van der Waals surface area (Å²) < 4.78 is 2.24. The van der Waals surface area contributed by atoms with E-state index >= 15 is 0 Å². The molecule has 5 aliphatic carbocycles. The van der Waals surface area contributed by atoms with Gasteiger partial charge in [0.05, 0.1) is 18.0 Å². The van der Waals surface area contributed by atoms with Crippen LogP contribution in [-0.2, 0) is 6.42 Å². The second kappa shape index (κ2) is 4.86. The van der Waals surface area contributed by atoms with Crippen molar-refractivity contribution in [2.24, 2.45) is 23.2 Å². The Hall–Kier alpha value is -1.31. The van der Waals surface area contributed by atoms with Crippen LogP contribution in [0.4, 0.5) is 0 Å². The van der Waals surface area contributed by atoms with Crippen LogP contribution in [-0.4, -0.2) is 9.38 Å². The van der Waals surface area contributed by atoms with Crippen molar-refractivity contribution in [1.29, 1.82) is 0 Å². The van der Waals surface area contributed by atoms with Gasteiger partial charge < -0.3 is 4.40 Å². The molecule has 0 amide bonds. The van der Waals surface area contributed by atoms with E-state index < -0.39 is 0 Å². The number of fused-ring (bicyclic) bond motifs is 1. The van der Waals surface area contributed by atoms with Crippen LogP contribution in [0.1, 0.15) is 74.8 Å². The summed E-state index contributed by atoms with van der Waals surface area (Å²) in [6, 6.07) is 2.39. The zero-order valence-corrected chi connectivity index (χ0v) is 14.6. The standard InChI is InChI=1S/C22H28N2/c1-2-18(1)19-4-6-24-14-23-13-21(24)20(19)3-5-22-10-15-7-16(11-22)9-17(8-15)12-22/h4,6,13-18H,1-3,5,7-12H2. The molecule has 0 N–H and O–H groups in total. The molecular formula is C22H28N2. The number of imidazole rings is 1. The SMILES string of the molecule is c1cn2cncc2c(CCC23CC4CC(CC(C4)C2)C3)c1C1CC1. The second-order valence-corrected chi connectivity index (χ2v) is 9.63. The average Bonchev–Trinajstić information content (AvgIpc) is 3.28. The third-order valence-corrected chi connectivity index (χ3v) is 7.83. The molecule has 0 radical (unpaired) electrons. The molecule has 0 atom stereocenters. The van der Waals surface area contributed by atoms with E-state index in [0.717, 1.165) is 23.7 Å². The van der Waals surface area contributed by atoms with Crippen LogP contribution in [0.25, 0.3) is 5.52 Å². The predicted octanol–water partition coefficient (Wildman–Crippen LogP) is 5.36. The summed E-state index contributed by atoms with van der Waals surface area (Å²) in [5.41, 5.74) is 5.35. The van der Waals surface area contributed by atoms with E-state index in [9.17, 15) is 0 Å². The van der Waals surface area contributed by atoms with Crippen LogP contribution in [0.15, 0.2) is 24.8 Å². The van der Waals surface area contributed by atoms with E-state index in [1.807, 2.05) is 6.33 Å². The lowest BCUT2D eigenvalue weighted by atomic mass is 9.48. The van der Waals surface area contributed by atoms with Crippen molar-refractivity contribution in [3.05, 3.63) is 35.9 Å². The third-order valence-electron chi connectivity index (χ3n) is 7.83. The Morgan fingerprint density at radius 3 is 2.42 bits per heavy atom. The number of aryl methyl sites for hydroxylation is 1. The molecule has 5 fully saturated rings. The number of aromatic nitrogens is 2. The van der Waals surface area contributed by atoms with Gasteiger partial charge in [0.1, 0.15) is 0 Å². The van der Waals surface area contributed by atoms with Crippen LogP contribution in [0.5, 0.6) is 0 Å². The summed E-state index contributed by atoms with van der Waals surface area (Å²) in [6.45, 7) is 0. The van der Waals surface area contributed by atoms with Crippen LogP contribution >= 0.6 is 0 Å². The second-order valence-electron chi connectivity index (χ2n) is 9.63. The molecule has 2 heteroatoms. The maximum absolute atomic E-state index is 4.42. The maximum atomic E-state index is 4.42. The molecule has 2 aromatic heterocycles. The fourth-order valence-electron chi connectivity index (χ4n) is 7.10. The van der Waals surface area contributed by atoms with E-state index in [0.29, 0.717) is 5.41 Å². The first-order valence-corrected chi connectivity index (χ1v) is 10.2. The van der Waals surface area contributed by atoms with Gasteiger partial charge in [-0.05, 0) is 110 Å². The lowest BCUT2D eigenvalue weighted by Gasteiger charge is -2.57. The Bertz CT molecular complexity index is 747. The first kappa shape index (κ1) is 13.9. The average molecular weight is 320 g/mol. The quantitative estimate of drug-likeness (QED) is 0.741. The van der Waals surface area contributed by atoms with Crippen LogP contribution in [0, 0.1) is 23.2 Å². The van der Waals surface area contributed by atoms with Crippen LogP contribution < -0.4 is 0 Å². The van der Waals surface area contributed by atoms with Crippen LogP contribution in [0.2, 0.25) is 0 Å². The summed E-state index contributed by atoms with van der Waals surface area (Å²) in [6.07, 6.45) is 21.1. The lowest BCUT2D eigenvalue weighted by Crippen LogP contribution is -2.46. The molecule has 5 aliphatic rings. The Kier molecular flexibility index (Phi) is 2.82. The minimum absolute atomic E-state index is 0.697. The summed E-state index contributed by atoms with van der Waals surface area (Å²) in [5.74, 6) is 4.07. The molecule has 0 aromatic carbocycles. The number of hydrogen-bond donors (Lipinski definition) is 0. The predicted molar refractivity (Wildman–Crippen MR) is 96.1 cm³/mol. The molecule has 2 heterocycles. The highest BCUT2D eigenvalue weighted by Crippen LogP contribution is 2.61. The zero-order valence-electron chi connectivity index (χ0n) is 14.6. The molecule has 0 aliphatic heterocycles. The maximum Gasteiger partial charge on any atom is 0.0992 e. The minimum Gasteiger partial charge on any atom is -0.306 e. The molecular weight excluding hydrogens is 292 g/mol. The summed E-state index contributed by atoms with van der Waals surface area (Å²) >= 11 is 0. The number of rotatable bonds is 4. The monoisotopic (exact) mass is 320 g/mol. The van der Waals surface area contributed by atoms with Crippen molar-refractivity contribution < 1.29 is 0 Å². The van der Waals surface area contributed by atoms with Gasteiger partial charge in [-0.2, -0.15) is 0 Å². The van der Waals surface area contributed by atoms with E-state index in [1.165, 1.54) is 31.2 Å². The fourth-order valence-corrected chi connectivity index (χ4v) is 7.10. The van der Waals surface area contributed by atoms with Gasteiger partial charge in [-0.3, -0.25) is 0 Å². The molecule has 24 heavy (non-hydrogen) atoms. The molecule has 0 saturated heterocycles. The first-order valence-electron chi connectivity index (χ1n) is 10.2. The molecule has 4 bridgehead atoms. The summed E-state index contributed by atoms with van der Waals surface area (Å²) in [5, 5.41) is 0. The Balaban J connectivity index is 1.32. The van der Waals surface area contributed by atoms with Crippen molar-refractivity contribution >= 4 is 5.52 Å². The smallest absolute Gasteiger partial charge is 0.0992 e. The summed E-state index contributed by atoms with van der Waals surface area (Å²) in [7, 11) is 0. The molecule has 126 valence electrons. The van der Waals surface area contributed by atoms with Crippen molar-refractivity contribution in [2.45, 2.75) is 70.1 Å². The molecule has 2 aromatic rings.